The molecule has 0 spiro atoms. The van der Waals surface area contributed by atoms with Crippen LogP contribution in [0.3, 0.4) is 0 Å². The smallest absolute Gasteiger partial charge is 0.252 e. The molecule has 1 aromatic carbocycles. The van der Waals surface area contributed by atoms with Gasteiger partial charge in [0, 0.05) is 38.9 Å². The molecule has 2 aliphatic rings. The highest BCUT2D eigenvalue weighted by Gasteiger charge is 2.25. The number of carbonyl (C=O) groups is 1. The van der Waals surface area contributed by atoms with Crippen molar-refractivity contribution < 1.29 is 9.53 Å². The standard InChI is InChI=1S/C21H26N4O2/c22-20(26)18-5-3-8-23-21(18)25-11-9-24(10-12-25)15-16-7-13-27-19-6-2-1-4-17(19)14-16/h1-6,8,16H,7,9-15H2,(H2,22,26)/t16-/m1/s1. The van der Waals surface area contributed by atoms with E-state index in [0.717, 1.165) is 57.9 Å². The Hall–Kier alpha value is -2.60. The SMILES string of the molecule is NC(=O)c1cccnc1N1CCN(C[C@@H]2CCOc3ccccc3C2)CC1. The molecular weight excluding hydrogens is 340 g/mol. The first-order chi connectivity index (χ1) is 13.2. The van der Waals surface area contributed by atoms with E-state index in [-0.39, 0.29) is 0 Å². The Morgan fingerprint density at radius 1 is 1.15 bits per heavy atom. The van der Waals surface area contributed by atoms with Crippen molar-refractivity contribution in [1.29, 1.82) is 0 Å². The molecule has 1 amide bonds. The van der Waals surface area contributed by atoms with Gasteiger partial charge in [0.15, 0.2) is 0 Å². The van der Waals surface area contributed by atoms with Crippen LogP contribution in [0.15, 0.2) is 42.6 Å². The summed E-state index contributed by atoms with van der Waals surface area (Å²) in [5.41, 5.74) is 7.32. The second-order valence-electron chi connectivity index (χ2n) is 7.34. The summed E-state index contributed by atoms with van der Waals surface area (Å²) >= 11 is 0. The fourth-order valence-electron chi connectivity index (χ4n) is 4.07. The summed E-state index contributed by atoms with van der Waals surface area (Å²) in [6.45, 7) is 5.52. The van der Waals surface area contributed by atoms with Crippen molar-refractivity contribution in [3.05, 3.63) is 53.7 Å². The second-order valence-corrected chi connectivity index (χ2v) is 7.34. The van der Waals surface area contributed by atoms with E-state index in [9.17, 15) is 4.79 Å². The van der Waals surface area contributed by atoms with Gasteiger partial charge in [0.25, 0.3) is 5.91 Å². The third-order valence-corrected chi connectivity index (χ3v) is 5.51. The molecular formula is C21H26N4O2. The van der Waals surface area contributed by atoms with Gasteiger partial charge in [-0.25, -0.2) is 4.98 Å². The van der Waals surface area contributed by atoms with Crippen LogP contribution < -0.4 is 15.4 Å². The maximum Gasteiger partial charge on any atom is 0.252 e. The van der Waals surface area contributed by atoms with Gasteiger partial charge in [0.2, 0.25) is 0 Å². The Balaban J connectivity index is 1.36. The number of ether oxygens (including phenoxy) is 1. The molecule has 0 bridgehead atoms. The van der Waals surface area contributed by atoms with Crippen molar-refractivity contribution in [3.8, 4) is 5.75 Å². The molecule has 0 unspecified atom stereocenters. The van der Waals surface area contributed by atoms with E-state index in [1.807, 2.05) is 6.07 Å². The average molecular weight is 366 g/mol. The quantitative estimate of drug-likeness (QED) is 0.895. The van der Waals surface area contributed by atoms with Gasteiger partial charge in [0.1, 0.15) is 11.6 Å². The largest absolute Gasteiger partial charge is 0.493 e. The van der Waals surface area contributed by atoms with Crippen molar-refractivity contribution in [2.45, 2.75) is 12.8 Å². The number of fused-ring (bicyclic) bond motifs is 1. The normalized spacial score (nSPS) is 20.4. The van der Waals surface area contributed by atoms with E-state index in [1.54, 1.807) is 18.3 Å². The van der Waals surface area contributed by atoms with Crippen LogP contribution in [0.1, 0.15) is 22.3 Å². The summed E-state index contributed by atoms with van der Waals surface area (Å²) in [7, 11) is 0. The van der Waals surface area contributed by atoms with Crippen LogP contribution in [-0.4, -0.2) is 55.1 Å². The molecule has 3 heterocycles. The number of nitrogens with two attached hydrogens (primary N) is 1. The van der Waals surface area contributed by atoms with Gasteiger partial charge < -0.3 is 15.4 Å². The number of amides is 1. The molecule has 2 aromatic rings. The van der Waals surface area contributed by atoms with Crippen LogP contribution in [0.2, 0.25) is 0 Å². The van der Waals surface area contributed by atoms with Crippen LogP contribution in [0.4, 0.5) is 5.82 Å². The van der Waals surface area contributed by atoms with Gasteiger partial charge in [0.05, 0.1) is 12.2 Å². The summed E-state index contributed by atoms with van der Waals surface area (Å²) in [6, 6.07) is 11.9. The van der Waals surface area contributed by atoms with Crippen LogP contribution >= 0.6 is 0 Å². The molecule has 2 N–H and O–H groups in total. The summed E-state index contributed by atoms with van der Waals surface area (Å²) in [5.74, 6) is 1.94. The number of pyridine rings is 1. The number of anilines is 1. The molecule has 1 fully saturated rings. The Morgan fingerprint density at radius 2 is 1.96 bits per heavy atom. The number of piperazine rings is 1. The maximum absolute atomic E-state index is 11.7. The minimum Gasteiger partial charge on any atom is -0.493 e. The maximum atomic E-state index is 11.7. The highest BCUT2D eigenvalue weighted by Crippen LogP contribution is 2.27. The van der Waals surface area contributed by atoms with E-state index >= 15 is 0 Å². The molecule has 142 valence electrons. The monoisotopic (exact) mass is 366 g/mol. The Bertz CT molecular complexity index is 802. The van der Waals surface area contributed by atoms with Crippen molar-refractivity contribution in [2.24, 2.45) is 11.7 Å². The molecule has 0 aliphatic carbocycles. The minimum absolute atomic E-state index is 0.419. The summed E-state index contributed by atoms with van der Waals surface area (Å²) < 4.78 is 5.90. The number of rotatable bonds is 4. The van der Waals surface area contributed by atoms with Gasteiger partial charge in [-0.2, -0.15) is 0 Å². The topological polar surface area (TPSA) is 71.7 Å². The van der Waals surface area contributed by atoms with Crippen LogP contribution in [0, 0.1) is 5.92 Å². The molecule has 1 saturated heterocycles. The summed E-state index contributed by atoms with van der Waals surface area (Å²) in [4.78, 5) is 20.7. The summed E-state index contributed by atoms with van der Waals surface area (Å²) in [6.07, 6.45) is 3.88. The Morgan fingerprint density at radius 3 is 2.78 bits per heavy atom. The molecule has 4 rings (SSSR count). The van der Waals surface area contributed by atoms with Crippen molar-refractivity contribution in [1.82, 2.24) is 9.88 Å². The number of aromatic nitrogens is 1. The van der Waals surface area contributed by atoms with Gasteiger partial charge in [-0.3, -0.25) is 9.69 Å². The lowest BCUT2D eigenvalue weighted by molar-refractivity contribution is 0.1000. The number of hydrogen-bond donors (Lipinski definition) is 1. The molecule has 0 radical (unpaired) electrons. The lowest BCUT2D eigenvalue weighted by Crippen LogP contribution is -2.48. The molecule has 6 heteroatoms. The van der Waals surface area contributed by atoms with E-state index in [0.29, 0.717) is 17.3 Å². The van der Waals surface area contributed by atoms with Crippen molar-refractivity contribution in [3.63, 3.8) is 0 Å². The van der Waals surface area contributed by atoms with Crippen molar-refractivity contribution >= 4 is 11.7 Å². The predicted molar refractivity (Wildman–Crippen MR) is 105 cm³/mol. The average Bonchev–Trinajstić information content (AvgIpc) is 2.90. The highest BCUT2D eigenvalue weighted by molar-refractivity contribution is 5.97. The molecule has 1 atom stereocenters. The molecule has 27 heavy (non-hydrogen) atoms. The zero-order valence-electron chi connectivity index (χ0n) is 15.5. The summed E-state index contributed by atoms with van der Waals surface area (Å²) in [5, 5.41) is 0. The second kappa shape index (κ2) is 7.96. The lowest BCUT2D eigenvalue weighted by atomic mass is 9.96. The first-order valence-electron chi connectivity index (χ1n) is 9.63. The van der Waals surface area contributed by atoms with Gasteiger partial charge in [-0.05, 0) is 42.5 Å². The van der Waals surface area contributed by atoms with Crippen LogP contribution in [-0.2, 0) is 6.42 Å². The zero-order chi connectivity index (χ0) is 18.6. The van der Waals surface area contributed by atoms with E-state index in [1.165, 1.54) is 5.56 Å². The number of para-hydroxylation sites is 1. The highest BCUT2D eigenvalue weighted by atomic mass is 16.5. The van der Waals surface area contributed by atoms with E-state index < -0.39 is 5.91 Å². The fourth-order valence-corrected chi connectivity index (χ4v) is 4.07. The van der Waals surface area contributed by atoms with Gasteiger partial charge in [-0.1, -0.05) is 18.2 Å². The predicted octanol–water partition coefficient (Wildman–Crippen LogP) is 1.94. The molecule has 0 saturated carbocycles. The van der Waals surface area contributed by atoms with Gasteiger partial charge >= 0.3 is 0 Å². The van der Waals surface area contributed by atoms with Crippen LogP contribution in [0.5, 0.6) is 5.75 Å². The fraction of sp³-hybridized carbons (Fsp3) is 0.429. The third kappa shape index (κ3) is 4.06. The molecule has 2 aliphatic heterocycles. The van der Waals surface area contributed by atoms with Gasteiger partial charge in [-0.15, -0.1) is 0 Å². The zero-order valence-corrected chi connectivity index (χ0v) is 15.5. The van der Waals surface area contributed by atoms with Crippen molar-refractivity contribution in [2.75, 3.05) is 44.2 Å². The van der Waals surface area contributed by atoms with E-state index in [4.69, 9.17) is 10.5 Å². The van der Waals surface area contributed by atoms with E-state index in [2.05, 4.69) is 33.0 Å². The number of benzene rings is 1. The Kier molecular flexibility index (Phi) is 5.25. The lowest BCUT2D eigenvalue weighted by Gasteiger charge is -2.37. The first-order valence-corrected chi connectivity index (χ1v) is 9.63. The molecule has 6 nitrogen and oxygen atoms in total. The Labute approximate surface area is 159 Å². The third-order valence-electron chi connectivity index (χ3n) is 5.51. The molecule has 1 aromatic heterocycles. The number of carbonyl (C=O) groups excluding carboxylic acids is 1. The number of nitrogens with zero attached hydrogens (tertiary/aromatic N) is 3. The minimum atomic E-state index is -0.419. The number of primary amides is 1. The first kappa shape index (κ1) is 17.8. The number of hydrogen-bond acceptors (Lipinski definition) is 5. The van der Waals surface area contributed by atoms with Crippen LogP contribution in [0.25, 0.3) is 0 Å².